The summed E-state index contributed by atoms with van der Waals surface area (Å²) in [4.78, 5) is 29.1. The Hall–Kier alpha value is -2.67. The minimum absolute atomic E-state index is 0.0212. The average molecular weight is 425 g/mol. The number of carbonyl (C=O) groups excluding carboxylic acids is 1. The van der Waals surface area contributed by atoms with E-state index in [1.54, 1.807) is 18.5 Å². The number of halogens is 1. The number of piperidine rings is 1. The molecule has 2 aliphatic rings. The number of aryl methyl sites for hydroxylation is 2. The predicted molar refractivity (Wildman–Crippen MR) is 118 cm³/mol. The Morgan fingerprint density at radius 2 is 2.07 bits per heavy atom. The number of nitrogens with zero attached hydrogens (tertiary/aromatic N) is 5. The number of benzene rings is 1. The number of carbonyl (C=O) groups is 1. The fourth-order valence-electron chi connectivity index (χ4n) is 4.55. The van der Waals surface area contributed by atoms with Crippen LogP contribution in [0.5, 0.6) is 0 Å². The predicted octanol–water partition coefficient (Wildman–Crippen LogP) is 4.06. The molecule has 1 aromatic carbocycles. The molecule has 1 fully saturated rings. The van der Waals surface area contributed by atoms with Crippen LogP contribution in [0.4, 0.5) is 11.5 Å². The summed E-state index contributed by atoms with van der Waals surface area (Å²) < 4.78 is 2.25. The first-order valence-electron chi connectivity index (χ1n) is 10.7. The van der Waals surface area contributed by atoms with Gasteiger partial charge in [0.25, 0.3) is 0 Å². The summed E-state index contributed by atoms with van der Waals surface area (Å²) in [6, 6.07) is 7.26. The van der Waals surface area contributed by atoms with E-state index in [-0.39, 0.29) is 11.8 Å². The molecule has 3 aromatic rings. The van der Waals surface area contributed by atoms with Crippen LogP contribution in [0, 0.1) is 5.92 Å². The van der Waals surface area contributed by atoms with Crippen molar-refractivity contribution in [3.05, 3.63) is 41.4 Å². The largest absolute Gasteiger partial charge is 0.354 e. The quantitative estimate of drug-likeness (QED) is 0.686. The van der Waals surface area contributed by atoms with Crippen LogP contribution < -0.4 is 10.2 Å². The lowest BCUT2D eigenvalue weighted by atomic mass is 9.97. The summed E-state index contributed by atoms with van der Waals surface area (Å²) in [5, 5.41) is 3.62. The van der Waals surface area contributed by atoms with Gasteiger partial charge in [0, 0.05) is 36.8 Å². The van der Waals surface area contributed by atoms with E-state index >= 15 is 0 Å². The van der Waals surface area contributed by atoms with Gasteiger partial charge in [-0.05, 0) is 43.9 Å². The van der Waals surface area contributed by atoms with Gasteiger partial charge in [0.2, 0.25) is 5.91 Å². The van der Waals surface area contributed by atoms with Crippen molar-refractivity contribution in [2.45, 2.75) is 45.1 Å². The molecule has 1 saturated heterocycles. The summed E-state index contributed by atoms with van der Waals surface area (Å²) in [7, 11) is 0. The van der Waals surface area contributed by atoms with Crippen molar-refractivity contribution in [2.24, 2.45) is 5.92 Å². The molecule has 0 aliphatic carbocycles. The van der Waals surface area contributed by atoms with Gasteiger partial charge in [0.15, 0.2) is 17.0 Å². The highest BCUT2D eigenvalue weighted by Crippen LogP contribution is 2.30. The average Bonchev–Trinajstić information content (AvgIpc) is 2.95. The third-order valence-electron chi connectivity index (χ3n) is 6.06. The molecule has 156 valence electrons. The molecule has 30 heavy (non-hydrogen) atoms. The molecular weight excluding hydrogens is 400 g/mol. The lowest BCUT2D eigenvalue weighted by molar-refractivity contribution is -0.120. The van der Waals surface area contributed by atoms with Crippen LogP contribution in [0.15, 0.2) is 30.6 Å². The number of imidazole rings is 1. The molecule has 0 radical (unpaired) electrons. The van der Waals surface area contributed by atoms with Crippen LogP contribution >= 0.6 is 11.6 Å². The van der Waals surface area contributed by atoms with E-state index in [1.807, 2.05) is 12.1 Å². The van der Waals surface area contributed by atoms with Gasteiger partial charge >= 0.3 is 0 Å². The topological polar surface area (TPSA) is 75.9 Å². The van der Waals surface area contributed by atoms with Gasteiger partial charge in [0.05, 0.1) is 5.92 Å². The van der Waals surface area contributed by atoms with Crippen LogP contribution in [0.3, 0.4) is 0 Å². The summed E-state index contributed by atoms with van der Waals surface area (Å²) in [5.74, 6) is 1.87. The number of anilines is 2. The maximum Gasteiger partial charge on any atom is 0.229 e. The maximum atomic E-state index is 12.9. The number of amides is 1. The number of hydrogen-bond donors (Lipinski definition) is 1. The third-order valence-corrected chi connectivity index (χ3v) is 6.29. The molecule has 1 N–H and O–H groups in total. The number of nitrogens with one attached hydrogen (secondary N) is 1. The Labute approximate surface area is 180 Å². The number of rotatable bonds is 3. The Kier molecular flexibility index (Phi) is 5.29. The monoisotopic (exact) mass is 424 g/mol. The fraction of sp³-hybridized carbons (Fsp3) is 0.455. The fourth-order valence-corrected chi connectivity index (χ4v) is 4.74. The summed E-state index contributed by atoms with van der Waals surface area (Å²) in [6.07, 6.45) is 7.98. The molecule has 0 spiro atoms. The standard InChI is InChI=1S/C22H25ClN6O/c23-16-7-4-8-17(12-16)26-22(30)15-6-5-10-28(13-15)20-19-21(25-14-24-20)29-11-3-1-2-9-18(29)27-19/h4,7-8,12,14-15H,1-3,5-6,9-11,13H2,(H,26,30)/t15-/m0/s1. The van der Waals surface area contributed by atoms with Crippen molar-refractivity contribution in [3.8, 4) is 0 Å². The molecule has 0 saturated carbocycles. The van der Waals surface area contributed by atoms with Gasteiger partial charge in [-0.2, -0.15) is 0 Å². The van der Waals surface area contributed by atoms with Gasteiger partial charge in [-0.25, -0.2) is 15.0 Å². The minimum Gasteiger partial charge on any atom is -0.354 e. The molecule has 8 heteroatoms. The van der Waals surface area contributed by atoms with E-state index in [9.17, 15) is 4.79 Å². The van der Waals surface area contributed by atoms with Crippen LogP contribution in [0.25, 0.3) is 11.2 Å². The highest BCUT2D eigenvalue weighted by molar-refractivity contribution is 6.30. The van der Waals surface area contributed by atoms with E-state index in [4.69, 9.17) is 16.6 Å². The van der Waals surface area contributed by atoms with E-state index in [0.29, 0.717) is 11.6 Å². The molecular formula is C22H25ClN6O. The van der Waals surface area contributed by atoms with Crippen LogP contribution in [0.1, 0.15) is 37.9 Å². The SMILES string of the molecule is O=C(Nc1cccc(Cl)c1)[C@H]1CCCN(c2ncnc3c2nc2n3CCCCC2)C1. The molecule has 2 aromatic heterocycles. The number of aromatic nitrogens is 4. The van der Waals surface area contributed by atoms with Crippen molar-refractivity contribution >= 4 is 40.2 Å². The Morgan fingerprint density at radius 1 is 1.13 bits per heavy atom. The van der Waals surface area contributed by atoms with Gasteiger partial charge in [0.1, 0.15) is 12.2 Å². The highest BCUT2D eigenvalue weighted by Gasteiger charge is 2.29. The van der Waals surface area contributed by atoms with E-state index in [2.05, 4.69) is 24.8 Å². The molecule has 0 bridgehead atoms. The highest BCUT2D eigenvalue weighted by atomic mass is 35.5. The Morgan fingerprint density at radius 3 is 2.97 bits per heavy atom. The molecule has 7 nitrogen and oxygen atoms in total. The first kappa shape index (κ1) is 19.3. The van der Waals surface area contributed by atoms with Crippen LogP contribution in [-0.2, 0) is 17.8 Å². The van der Waals surface area contributed by atoms with Gasteiger partial charge < -0.3 is 14.8 Å². The zero-order valence-corrected chi connectivity index (χ0v) is 17.6. The summed E-state index contributed by atoms with van der Waals surface area (Å²) >= 11 is 6.04. The lowest BCUT2D eigenvalue weighted by Crippen LogP contribution is -2.41. The number of hydrogen-bond acceptors (Lipinski definition) is 5. The zero-order valence-electron chi connectivity index (χ0n) is 16.9. The van der Waals surface area contributed by atoms with Crippen molar-refractivity contribution < 1.29 is 4.79 Å². The Balaban J connectivity index is 1.38. The van der Waals surface area contributed by atoms with Crippen molar-refractivity contribution in [1.29, 1.82) is 0 Å². The van der Waals surface area contributed by atoms with E-state index in [1.165, 1.54) is 12.8 Å². The van der Waals surface area contributed by atoms with Gasteiger partial charge in [-0.1, -0.05) is 24.1 Å². The molecule has 0 unspecified atom stereocenters. The second-order valence-electron chi connectivity index (χ2n) is 8.14. The maximum absolute atomic E-state index is 12.9. The lowest BCUT2D eigenvalue weighted by Gasteiger charge is -2.32. The van der Waals surface area contributed by atoms with Gasteiger partial charge in [-0.15, -0.1) is 0 Å². The summed E-state index contributed by atoms with van der Waals surface area (Å²) in [5.41, 5.74) is 2.51. The molecule has 2 aliphatic heterocycles. The van der Waals surface area contributed by atoms with E-state index < -0.39 is 0 Å². The van der Waals surface area contributed by atoms with Crippen molar-refractivity contribution in [3.63, 3.8) is 0 Å². The normalized spacial score (nSPS) is 19.4. The smallest absolute Gasteiger partial charge is 0.229 e. The third kappa shape index (κ3) is 3.74. The molecule has 5 rings (SSSR count). The molecule has 1 amide bonds. The van der Waals surface area contributed by atoms with E-state index in [0.717, 1.165) is 67.3 Å². The first-order chi connectivity index (χ1) is 14.7. The van der Waals surface area contributed by atoms with Crippen molar-refractivity contribution in [2.75, 3.05) is 23.3 Å². The molecule has 1 atom stereocenters. The van der Waals surface area contributed by atoms with Gasteiger partial charge in [-0.3, -0.25) is 4.79 Å². The second-order valence-corrected chi connectivity index (χ2v) is 8.58. The summed E-state index contributed by atoms with van der Waals surface area (Å²) in [6.45, 7) is 2.46. The Bertz CT molecular complexity index is 1080. The van der Waals surface area contributed by atoms with Crippen LogP contribution in [0.2, 0.25) is 5.02 Å². The van der Waals surface area contributed by atoms with Crippen LogP contribution in [-0.4, -0.2) is 38.5 Å². The molecule has 4 heterocycles. The van der Waals surface area contributed by atoms with Crippen molar-refractivity contribution in [1.82, 2.24) is 19.5 Å². The number of fused-ring (bicyclic) bond motifs is 3. The minimum atomic E-state index is -0.108. The first-order valence-corrected chi connectivity index (χ1v) is 11.1. The zero-order chi connectivity index (χ0) is 20.5. The second kappa shape index (κ2) is 8.22.